The first-order valence-electron chi connectivity index (χ1n) is 5.72. The van der Waals surface area contributed by atoms with E-state index in [1.807, 2.05) is 6.92 Å². The van der Waals surface area contributed by atoms with Gasteiger partial charge in [-0.2, -0.15) is 0 Å². The van der Waals surface area contributed by atoms with E-state index in [9.17, 15) is 4.79 Å². The first kappa shape index (κ1) is 12.8. The standard InChI is InChI=1S/C11H21ClN2O/c1-9(7-12)11(15)13-10(2)8-14-5-3-4-6-14/h9-10H,3-8H2,1-2H3,(H,13,15). The number of hydrogen-bond acceptors (Lipinski definition) is 2. The molecule has 0 aromatic heterocycles. The number of halogens is 1. The average molecular weight is 233 g/mol. The molecule has 4 heteroatoms. The van der Waals surface area contributed by atoms with Gasteiger partial charge in [0.05, 0.1) is 0 Å². The van der Waals surface area contributed by atoms with E-state index in [1.165, 1.54) is 25.9 Å². The summed E-state index contributed by atoms with van der Waals surface area (Å²) in [4.78, 5) is 13.9. The van der Waals surface area contributed by atoms with Gasteiger partial charge in [-0.05, 0) is 32.9 Å². The Labute approximate surface area is 97.2 Å². The minimum absolute atomic E-state index is 0.0664. The molecule has 0 spiro atoms. The number of likely N-dealkylation sites (tertiary alicyclic amines) is 1. The molecule has 1 rings (SSSR count). The van der Waals surface area contributed by atoms with Crippen molar-refractivity contribution in [2.75, 3.05) is 25.5 Å². The summed E-state index contributed by atoms with van der Waals surface area (Å²) in [6, 6.07) is 0.223. The maximum atomic E-state index is 11.5. The molecule has 88 valence electrons. The van der Waals surface area contributed by atoms with Crippen LogP contribution in [0.4, 0.5) is 0 Å². The van der Waals surface area contributed by atoms with Crippen LogP contribution >= 0.6 is 11.6 Å². The molecule has 15 heavy (non-hydrogen) atoms. The molecular formula is C11H21ClN2O. The minimum Gasteiger partial charge on any atom is -0.352 e. The van der Waals surface area contributed by atoms with Crippen LogP contribution in [0.25, 0.3) is 0 Å². The predicted molar refractivity (Wildman–Crippen MR) is 63.2 cm³/mol. The van der Waals surface area contributed by atoms with E-state index in [-0.39, 0.29) is 17.9 Å². The molecule has 0 radical (unpaired) electrons. The molecule has 1 aliphatic heterocycles. The van der Waals surface area contributed by atoms with E-state index in [2.05, 4.69) is 17.1 Å². The third-order valence-corrected chi connectivity index (χ3v) is 3.26. The monoisotopic (exact) mass is 232 g/mol. The maximum Gasteiger partial charge on any atom is 0.224 e. The highest BCUT2D eigenvalue weighted by molar-refractivity contribution is 6.19. The van der Waals surface area contributed by atoms with E-state index in [0.29, 0.717) is 5.88 Å². The van der Waals surface area contributed by atoms with Crippen LogP contribution in [0.5, 0.6) is 0 Å². The number of carbonyl (C=O) groups excluding carboxylic acids is 1. The molecule has 1 N–H and O–H groups in total. The molecule has 1 amide bonds. The smallest absolute Gasteiger partial charge is 0.224 e. The lowest BCUT2D eigenvalue weighted by Crippen LogP contribution is -2.43. The Kier molecular flexibility index (Phi) is 5.40. The van der Waals surface area contributed by atoms with Gasteiger partial charge in [-0.3, -0.25) is 4.79 Å². The second-order valence-electron chi connectivity index (χ2n) is 4.47. The van der Waals surface area contributed by atoms with E-state index in [1.54, 1.807) is 0 Å². The summed E-state index contributed by atoms with van der Waals surface area (Å²) in [6.45, 7) is 7.21. The normalized spacial score (nSPS) is 21.3. The Morgan fingerprint density at radius 1 is 1.40 bits per heavy atom. The van der Waals surface area contributed by atoms with E-state index in [0.717, 1.165) is 6.54 Å². The summed E-state index contributed by atoms with van der Waals surface area (Å²) in [5.41, 5.74) is 0. The number of amides is 1. The Balaban J connectivity index is 2.22. The highest BCUT2D eigenvalue weighted by atomic mass is 35.5. The fourth-order valence-electron chi connectivity index (χ4n) is 1.85. The Morgan fingerprint density at radius 3 is 2.53 bits per heavy atom. The van der Waals surface area contributed by atoms with E-state index < -0.39 is 0 Å². The largest absolute Gasteiger partial charge is 0.352 e. The van der Waals surface area contributed by atoms with Crippen LogP contribution in [0, 0.1) is 5.92 Å². The van der Waals surface area contributed by atoms with Gasteiger partial charge in [-0.1, -0.05) is 6.92 Å². The quantitative estimate of drug-likeness (QED) is 0.728. The third kappa shape index (κ3) is 4.39. The lowest BCUT2D eigenvalue weighted by molar-refractivity contribution is -0.124. The van der Waals surface area contributed by atoms with Crippen LogP contribution in [0.3, 0.4) is 0 Å². The molecule has 0 saturated carbocycles. The van der Waals surface area contributed by atoms with Crippen molar-refractivity contribution in [3.8, 4) is 0 Å². The molecule has 2 atom stereocenters. The number of rotatable bonds is 5. The molecule has 1 saturated heterocycles. The van der Waals surface area contributed by atoms with Crippen LogP contribution in [0.15, 0.2) is 0 Å². The van der Waals surface area contributed by atoms with Crippen LogP contribution in [-0.4, -0.2) is 42.4 Å². The fraction of sp³-hybridized carbons (Fsp3) is 0.909. The van der Waals surface area contributed by atoms with Gasteiger partial charge in [0.2, 0.25) is 5.91 Å². The molecule has 1 aliphatic rings. The fourth-order valence-corrected chi connectivity index (χ4v) is 1.99. The summed E-state index contributed by atoms with van der Waals surface area (Å²) in [5.74, 6) is 0.367. The van der Waals surface area contributed by atoms with Gasteiger partial charge < -0.3 is 10.2 Å². The number of alkyl halides is 1. The zero-order valence-corrected chi connectivity index (χ0v) is 10.4. The summed E-state index contributed by atoms with van der Waals surface area (Å²) < 4.78 is 0. The van der Waals surface area contributed by atoms with Crippen molar-refractivity contribution in [2.24, 2.45) is 5.92 Å². The molecule has 0 aliphatic carbocycles. The molecule has 2 unspecified atom stereocenters. The molecule has 0 aromatic carbocycles. The predicted octanol–water partition coefficient (Wildman–Crippen LogP) is 1.46. The average Bonchev–Trinajstić information content (AvgIpc) is 2.68. The summed E-state index contributed by atoms with van der Waals surface area (Å²) in [6.07, 6.45) is 2.58. The second kappa shape index (κ2) is 6.33. The van der Waals surface area contributed by atoms with Gasteiger partial charge >= 0.3 is 0 Å². The number of hydrogen-bond donors (Lipinski definition) is 1. The molecule has 1 fully saturated rings. The van der Waals surface area contributed by atoms with Gasteiger partial charge in [0, 0.05) is 24.4 Å². The summed E-state index contributed by atoms with van der Waals surface area (Å²) >= 11 is 5.63. The van der Waals surface area contributed by atoms with Crippen molar-refractivity contribution in [3.63, 3.8) is 0 Å². The van der Waals surface area contributed by atoms with Crippen LogP contribution in [0.1, 0.15) is 26.7 Å². The van der Waals surface area contributed by atoms with Crippen LogP contribution in [0.2, 0.25) is 0 Å². The van der Waals surface area contributed by atoms with Crippen molar-refractivity contribution in [1.82, 2.24) is 10.2 Å². The van der Waals surface area contributed by atoms with Crippen molar-refractivity contribution in [2.45, 2.75) is 32.7 Å². The van der Waals surface area contributed by atoms with Crippen molar-refractivity contribution in [3.05, 3.63) is 0 Å². The number of carbonyl (C=O) groups is 1. The Bertz CT molecular complexity index is 205. The molecule has 1 heterocycles. The van der Waals surface area contributed by atoms with Gasteiger partial charge in [0.15, 0.2) is 0 Å². The second-order valence-corrected chi connectivity index (χ2v) is 4.78. The molecule has 3 nitrogen and oxygen atoms in total. The molecule has 0 aromatic rings. The SMILES string of the molecule is CC(CN1CCCC1)NC(=O)C(C)CCl. The summed E-state index contributed by atoms with van der Waals surface area (Å²) in [7, 11) is 0. The molecular weight excluding hydrogens is 212 g/mol. The number of nitrogens with zero attached hydrogens (tertiary/aromatic N) is 1. The molecule has 0 bridgehead atoms. The first-order chi connectivity index (χ1) is 7.13. The van der Waals surface area contributed by atoms with Crippen molar-refractivity contribution in [1.29, 1.82) is 0 Å². The summed E-state index contributed by atoms with van der Waals surface area (Å²) in [5, 5.41) is 2.99. The highest BCUT2D eigenvalue weighted by Crippen LogP contribution is 2.07. The van der Waals surface area contributed by atoms with Gasteiger partial charge in [-0.25, -0.2) is 0 Å². The topological polar surface area (TPSA) is 32.3 Å². The lowest BCUT2D eigenvalue weighted by Gasteiger charge is -2.22. The third-order valence-electron chi connectivity index (χ3n) is 2.80. The van der Waals surface area contributed by atoms with Crippen molar-refractivity contribution < 1.29 is 4.79 Å². The van der Waals surface area contributed by atoms with Crippen LogP contribution < -0.4 is 5.32 Å². The minimum atomic E-state index is -0.0901. The van der Waals surface area contributed by atoms with E-state index >= 15 is 0 Å². The Morgan fingerprint density at radius 2 is 2.00 bits per heavy atom. The van der Waals surface area contributed by atoms with Gasteiger partial charge in [0.1, 0.15) is 0 Å². The van der Waals surface area contributed by atoms with Crippen molar-refractivity contribution >= 4 is 17.5 Å². The van der Waals surface area contributed by atoms with Gasteiger partial charge in [0.25, 0.3) is 0 Å². The number of nitrogens with one attached hydrogen (secondary N) is 1. The van der Waals surface area contributed by atoms with E-state index in [4.69, 9.17) is 11.6 Å². The van der Waals surface area contributed by atoms with Gasteiger partial charge in [-0.15, -0.1) is 11.6 Å². The first-order valence-corrected chi connectivity index (χ1v) is 6.25. The maximum absolute atomic E-state index is 11.5. The lowest BCUT2D eigenvalue weighted by atomic mass is 10.2. The highest BCUT2D eigenvalue weighted by Gasteiger charge is 2.18. The van der Waals surface area contributed by atoms with Crippen LogP contribution in [-0.2, 0) is 4.79 Å². The zero-order valence-electron chi connectivity index (χ0n) is 9.63. The Hall–Kier alpha value is -0.280. The zero-order chi connectivity index (χ0) is 11.3.